The fourth-order valence-corrected chi connectivity index (χ4v) is 2.85. The second kappa shape index (κ2) is 6.29. The summed E-state index contributed by atoms with van der Waals surface area (Å²) in [6, 6.07) is 17.8. The van der Waals surface area contributed by atoms with Crippen LogP contribution in [0.2, 0.25) is 0 Å². The van der Waals surface area contributed by atoms with E-state index in [1.165, 1.54) is 0 Å². The number of carbonyl (C=O) groups excluding carboxylic acids is 1. The Labute approximate surface area is 144 Å². The van der Waals surface area contributed by atoms with Gasteiger partial charge in [0.15, 0.2) is 5.69 Å². The largest absolute Gasteiger partial charge is 0.364 e. The first-order valence-corrected chi connectivity index (χ1v) is 7.31. The van der Waals surface area contributed by atoms with Crippen molar-refractivity contribution in [3.8, 4) is 0 Å². The van der Waals surface area contributed by atoms with Gasteiger partial charge in [-0.25, -0.2) is 9.97 Å². The van der Waals surface area contributed by atoms with E-state index < -0.39 is 5.91 Å². The van der Waals surface area contributed by atoms with E-state index in [1.54, 1.807) is 6.33 Å². The third-order valence-corrected chi connectivity index (χ3v) is 3.88. The predicted octanol–water partition coefficient (Wildman–Crippen LogP) is 3.15. The van der Waals surface area contributed by atoms with E-state index in [4.69, 9.17) is 5.73 Å². The molecular formula is C18H15ClN4O. The maximum absolute atomic E-state index is 11.7. The molecule has 2 aromatic carbocycles. The molecule has 0 fully saturated rings. The average molecular weight is 339 g/mol. The van der Waals surface area contributed by atoms with Gasteiger partial charge >= 0.3 is 0 Å². The Bertz CT molecular complexity index is 1030. The smallest absolute Gasteiger partial charge is 0.269 e. The van der Waals surface area contributed by atoms with Crippen LogP contribution in [0.5, 0.6) is 0 Å². The fraction of sp³-hybridized carbons (Fsp3) is 0.0556. The van der Waals surface area contributed by atoms with Crippen LogP contribution in [0.4, 0.5) is 0 Å². The number of fused-ring (bicyclic) bond motifs is 3. The van der Waals surface area contributed by atoms with Crippen molar-refractivity contribution in [2.24, 2.45) is 5.73 Å². The number of aromatic nitrogens is 3. The van der Waals surface area contributed by atoms with Gasteiger partial charge in [-0.3, -0.25) is 4.79 Å². The molecule has 0 bridgehead atoms. The summed E-state index contributed by atoms with van der Waals surface area (Å²) in [5.74, 6) is -0.564. The van der Waals surface area contributed by atoms with E-state index in [-0.39, 0.29) is 18.1 Å². The molecule has 2 aromatic heterocycles. The second-order valence-electron chi connectivity index (χ2n) is 5.40. The van der Waals surface area contributed by atoms with Crippen LogP contribution >= 0.6 is 12.4 Å². The van der Waals surface area contributed by atoms with Crippen LogP contribution in [0.15, 0.2) is 60.9 Å². The number of benzene rings is 2. The molecule has 5 nitrogen and oxygen atoms in total. The van der Waals surface area contributed by atoms with E-state index in [1.807, 2.05) is 47.0 Å². The lowest BCUT2D eigenvalue weighted by Crippen LogP contribution is -2.14. The number of amides is 1. The first-order chi connectivity index (χ1) is 11.2. The van der Waals surface area contributed by atoms with Gasteiger partial charge in [0.1, 0.15) is 5.52 Å². The molecule has 0 atom stereocenters. The molecule has 4 aromatic rings. The van der Waals surface area contributed by atoms with Gasteiger partial charge in [0, 0.05) is 11.9 Å². The Morgan fingerprint density at radius 2 is 1.75 bits per heavy atom. The molecule has 0 aliphatic rings. The SMILES string of the molecule is Cl.NC(=O)c1nc2ccccc2c2c1ncn2Cc1ccccc1. The summed E-state index contributed by atoms with van der Waals surface area (Å²) in [4.78, 5) is 20.5. The Morgan fingerprint density at radius 1 is 1.04 bits per heavy atom. The van der Waals surface area contributed by atoms with Gasteiger partial charge in [0.05, 0.1) is 17.4 Å². The van der Waals surface area contributed by atoms with Crippen LogP contribution < -0.4 is 5.73 Å². The topological polar surface area (TPSA) is 73.8 Å². The number of para-hydroxylation sites is 1. The molecule has 0 unspecified atom stereocenters. The summed E-state index contributed by atoms with van der Waals surface area (Å²) in [7, 11) is 0. The summed E-state index contributed by atoms with van der Waals surface area (Å²) >= 11 is 0. The van der Waals surface area contributed by atoms with Crippen molar-refractivity contribution in [2.45, 2.75) is 6.54 Å². The fourth-order valence-electron chi connectivity index (χ4n) is 2.85. The lowest BCUT2D eigenvalue weighted by molar-refractivity contribution is 0.0997. The van der Waals surface area contributed by atoms with E-state index in [9.17, 15) is 4.79 Å². The number of carbonyl (C=O) groups is 1. The van der Waals surface area contributed by atoms with E-state index in [2.05, 4.69) is 22.1 Å². The number of nitrogens with two attached hydrogens (primary N) is 1. The number of pyridine rings is 1. The van der Waals surface area contributed by atoms with Crippen LogP contribution in [0.25, 0.3) is 21.9 Å². The number of halogens is 1. The van der Waals surface area contributed by atoms with E-state index in [0.717, 1.165) is 22.0 Å². The molecule has 4 rings (SSSR count). The zero-order valence-corrected chi connectivity index (χ0v) is 13.5. The molecule has 1 amide bonds. The Morgan fingerprint density at radius 3 is 2.50 bits per heavy atom. The van der Waals surface area contributed by atoms with E-state index in [0.29, 0.717) is 12.1 Å². The molecule has 2 N–H and O–H groups in total. The maximum Gasteiger partial charge on any atom is 0.269 e. The number of imidazole rings is 1. The molecule has 0 aliphatic heterocycles. The van der Waals surface area contributed by atoms with Crippen molar-refractivity contribution in [1.29, 1.82) is 0 Å². The highest BCUT2D eigenvalue weighted by atomic mass is 35.5. The summed E-state index contributed by atoms with van der Waals surface area (Å²) < 4.78 is 2.03. The minimum absolute atomic E-state index is 0. The van der Waals surface area contributed by atoms with Crippen molar-refractivity contribution < 1.29 is 4.79 Å². The monoisotopic (exact) mass is 338 g/mol. The summed E-state index contributed by atoms with van der Waals surface area (Å²) in [6.45, 7) is 0.670. The third kappa shape index (κ3) is 2.59. The van der Waals surface area contributed by atoms with Gasteiger partial charge in [-0.2, -0.15) is 0 Å². The second-order valence-corrected chi connectivity index (χ2v) is 5.40. The van der Waals surface area contributed by atoms with Crippen molar-refractivity contribution in [1.82, 2.24) is 14.5 Å². The first-order valence-electron chi connectivity index (χ1n) is 7.31. The van der Waals surface area contributed by atoms with Gasteiger partial charge in [-0.15, -0.1) is 12.4 Å². The molecule has 0 aliphatic carbocycles. The van der Waals surface area contributed by atoms with Crippen LogP contribution in [-0.2, 0) is 6.54 Å². The predicted molar refractivity (Wildman–Crippen MR) is 96.3 cm³/mol. The Balaban J connectivity index is 0.00000169. The number of primary amides is 1. The summed E-state index contributed by atoms with van der Waals surface area (Å²) in [5, 5.41) is 0.959. The first kappa shape index (κ1) is 16.0. The summed E-state index contributed by atoms with van der Waals surface area (Å²) in [5.41, 5.74) is 9.03. The lowest BCUT2D eigenvalue weighted by atomic mass is 10.1. The highest BCUT2D eigenvalue weighted by Gasteiger charge is 2.17. The highest BCUT2D eigenvalue weighted by molar-refractivity contribution is 6.11. The normalized spacial score (nSPS) is 10.7. The molecule has 120 valence electrons. The minimum Gasteiger partial charge on any atom is -0.364 e. The van der Waals surface area contributed by atoms with Crippen LogP contribution in [0.1, 0.15) is 16.1 Å². The lowest BCUT2D eigenvalue weighted by Gasteiger charge is -2.08. The minimum atomic E-state index is -0.564. The third-order valence-electron chi connectivity index (χ3n) is 3.88. The maximum atomic E-state index is 11.7. The van der Waals surface area contributed by atoms with Gasteiger partial charge < -0.3 is 10.3 Å². The standard InChI is InChI=1S/C18H14N4O.ClH/c19-18(23)16-15-17(13-8-4-5-9-14(13)21-16)22(11-20-15)10-12-6-2-1-3-7-12;/h1-9,11H,10H2,(H2,19,23);1H. The number of hydrogen-bond donors (Lipinski definition) is 1. The number of rotatable bonds is 3. The van der Waals surface area contributed by atoms with Crippen molar-refractivity contribution in [3.05, 3.63) is 72.2 Å². The number of nitrogens with zero attached hydrogens (tertiary/aromatic N) is 3. The van der Waals surface area contributed by atoms with Gasteiger partial charge in [-0.1, -0.05) is 48.5 Å². The Kier molecular flexibility index (Phi) is 4.18. The van der Waals surface area contributed by atoms with Crippen LogP contribution in [0.3, 0.4) is 0 Å². The molecule has 0 radical (unpaired) electrons. The quantitative estimate of drug-likeness (QED) is 0.623. The van der Waals surface area contributed by atoms with Crippen molar-refractivity contribution >= 4 is 40.3 Å². The zero-order valence-electron chi connectivity index (χ0n) is 12.7. The van der Waals surface area contributed by atoms with Crippen LogP contribution in [-0.4, -0.2) is 20.4 Å². The Hall–Kier alpha value is -2.92. The highest BCUT2D eigenvalue weighted by Crippen LogP contribution is 2.26. The van der Waals surface area contributed by atoms with Crippen LogP contribution in [0, 0.1) is 0 Å². The zero-order chi connectivity index (χ0) is 15.8. The van der Waals surface area contributed by atoms with Crippen molar-refractivity contribution in [2.75, 3.05) is 0 Å². The van der Waals surface area contributed by atoms with Crippen molar-refractivity contribution in [3.63, 3.8) is 0 Å². The molecule has 0 spiro atoms. The molecule has 0 saturated heterocycles. The average Bonchev–Trinajstić information content (AvgIpc) is 2.99. The molecule has 24 heavy (non-hydrogen) atoms. The molecule has 0 saturated carbocycles. The molecular weight excluding hydrogens is 324 g/mol. The number of hydrogen-bond acceptors (Lipinski definition) is 3. The summed E-state index contributed by atoms with van der Waals surface area (Å²) in [6.07, 6.45) is 1.73. The van der Waals surface area contributed by atoms with Gasteiger partial charge in [0.2, 0.25) is 0 Å². The van der Waals surface area contributed by atoms with E-state index >= 15 is 0 Å². The molecule has 6 heteroatoms. The molecule has 2 heterocycles. The van der Waals surface area contributed by atoms with Gasteiger partial charge in [0.25, 0.3) is 5.91 Å². The van der Waals surface area contributed by atoms with Gasteiger partial charge in [-0.05, 0) is 11.6 Å².